The van der Waals surface area contributed by atoms with Gasteiger partial charge in [0, 0.05) is 0 Å². The van der Waals surface area contributed by atoms with E-state index in [0.29, 0.717) is 0 Å². The van der Waals surface area contributed by atoms with Gasteiger partial charge in [-0.15, -0.1) is 0 Å². The van der Waals surface area contributed by atoms with Crippen LogP contribution in [-0.4, -0.2) is 21.4 Å². The molecule has 0 amide bonds. The number of rotatable bonds is 6. The second-order valence-corrected chi connectivity index (χ2v) is 20.1. The number of hydrogen-bond acceptors (Lipinski definition) is 4. The minimum Gasteiger partial charge on any atom is -1.00 e. The maximum absolute atomic E-state index is 5.82. The minimum absolute atomic E-state index is 0. The van der Waals surface area contributed by atoms with Gasteiger partial charge < -0.3 is 50.5 Å². The van der Waals surface area contributed by atoms with Gasteiger partial charge in [0.05, 0.1) is 0 Å². The molecule has 0 bridgehead atoms. The van der Waals surface area contributed by atoms with Gasteiger partial charge in [0.2, 0.25) is 0 Å². The van der Waals surface area contributed by atoms with E-state index < -0.39 is 13.5 Å². The SMILES string of the molecule is CC(C)Oc1ccccc1[CH]=[Ru]([Cl])[Cl].CC(C)Oc1ccccc1[CH]=[Ru][Cl].[CH-]1CCCC1.[CH-]1CCCC1.[Cl-].[Na+].[Na+].[S-]c1ccccc1.[S-]c1ccccc1. The zero-order valence-corrected chi connectivity index (χ0v) is 44.5. The van der Waals surface area contributed by atoms with Gasteiger partial charge in [-0.1, -0.05) is 86.3 Å². The Kier molecular flexibility index (Phi) is 44.9. The van der Waals surface area contributed by atoms with E-state index in [4.69, 9.17) is 63.8 Å². The van der Waals surface area contributed by atoms with Crippen molar-refractivity contribution in [2.24, 2.45) is 0 Å². The van der Waals surface area contributed by atoms with Crippen LogP contribution in [0.25, 0.3) is 0 Å². The quantitative estimate of drug-likeness (QED) is 0.165. The number of ether oxygens (including phenoxy) is 2. The summed E-state index contributed by atoms with van der Waals surface area (Å²) < 4.78 is 15.2. The van der Waals surface area contributed by atoms with Crippen molar-refractivity contribution in [2.45, 2.75) is 101 Å². The molecule has 0 aliphatic heterocycles. The van der Waals surface area contributed by atoms with Gasteiger partial charge in [-0.05, 0) is 0 Å². The molecule has 0 atom stereocenters. The van der Waals surface area contributed by atoms with Gasteiger partial charge in [-0.3, -0.25) is 0 Å². The van der Waals surface area contributed by atoms with Gasteiger partial charge in [0.1, 0.15) is 0 Å². The van der Waals surface area contributed by atoms with Gasteiger partial charge in [0.25, 0.3) is 0 Å². The second-order valence-electron chi connectivity index (χ2n) is 11.7. The van der Waals surface area contributed by atoms with Crippen LogP contribution in [0.15, 0.2) is 119 Å². The van der Waals surface area contributed by atoms with Crippen molar-refractivity contribution in [3.63, 3.8) is 0 Å². The summed E-state index contributed by atoms with van der Waals surface area (Å²) in [5, 5.41) is 0. The predicted molar refractivity (Wildman–Crippen MR) is 222 cm³/mol. The summed E-state index contributed by atoms with van der Waals surface area (Å²) in [6.45, 7) is 8.02. The van der Waals surface area contributed by atoms with E-state index in [-0.39, 0.29) is 99.4 Å². The van der Waals surface area contributed by atoms with E-state index in [1.165, 1.54) is 51.4 Å². The van der Waals surface area contributed by atoms with Crippen LogP contribution in [0.1, 0.15) is 90.2 Å². The Hall–Kier alpha value is 1.07. The zero-order chi connectivity index (χ0) is 37.5. The Labute approximate surface area is 413 Å². The van der Waals surface area contributed by atoms with Crippen LogP contribution in [0.3, 0.4) is 0 Å². The summed E-state index contributed by atoms with van der Waals surface area (Å²) in [5.41, 5.74) is 2.09. The fourth-order valence-electron chi connectivity index (χ4n) is 4.26. The Balaban J connectivity index is -0.000000596. The smallest absolute Gasteiger partial charge is 1.00 e. The van der Waals surface area contributed by atoms with Crippen molar-refractivity contribution < 1.29 is 110 Å². The van der Waals surface area contributed by atoms with Gasteiger partial charge in [-0.2, -0.15) is 35.5 Å². The Bertz CT molecular complexity index is 1410. The van der Waals surface area contributed by atoms with Gasteiger partial charge in [0.15, 0.2) is 0 Å². The van der Waals surface area contributed by atoms with E-state index in [1.54, 1.807) is 0 Å². The van der Waals surface area contributed by atoms with Crippen LogP contribution in [-0.2, 0) is 54.5 Å². The molecule has 0 N–H and O–H groups in total. The van der Waals surface area contributed by atoms with E-state index in [1.807, 2.05) is 146 Å². The molecule has 2 aliphatic rings. The molecule has 293 valence electrons. The number of hydrogen-bond donors (Lipinski definition) is 0. The van der Waals surface area contributed by atoms with E-state index in [9.17, 15) is 0 Å². The molecule has 4 aromatic rings. The molecule has 0 heterocycles. The standard InChI is InChI=1S/2C10H12O.2C6H6S.2C5H9.4ClH.2Na.2Ru/c2*1-8(2)11-10-7-5-4-6-9(10)3;2*7-6-4-2-1-3-5-6;2*1-2-4-5-3-1;;;;;;;;/h2*3-8H,1-2H3;2*1-5,7H;2*1H,2-5H2;4*1H;;;;/q;;;;2*-1;;;;;3*+1;+2/p-6. The van der Waals surface area contributed by atoms with E-state index in [0.717, 1.165) is 32.4 Å². The number of benzene rings is 4. The average molecular weight is 1040 g/mol. The molecular formula is C42H52Cl4Na2O2Ru2S2-3. The molecule has 0 saturated heterocycles. The number of halogens is 4. The summed E-state index contributed by atoms with van der Waals surface area (Å²) in [7, 11) is 17.4. The summed E-state index contributed by atoms with van der Waals surface area (Å²) in [4.78, 5) is 1.81. The third-order valence-corrected chi connectivity index (χ3v) is 10.1. The summed E-state index contributed by atoms with van der Waals surface area (Å²) in [6.07, 6.45) is 16.4. The molecule has 2 saturated carbocycles. The van der Waals surface area contributed by atoms with Crippen LogP contribution in [0.4, 0.5) is 0 Å². The maximum atomic E-state index is 5.82. The van der Waals surface area contributed by atoms with Crippen molar-refractivity contribution in [1.29, 1.82) is 0 Å². The van der Waals surface area contributed by atoms with Gasteiger partial charge >= 0.3 is 247 Å². The minimum atomic E-state index is -1.77. The molecule has 0 radical (unpaired) electrons. The van der Waals surface area contributed by atoms with Crippen LogP contribution >= 0.6 is 29.1 Å². The topological polar surface area (TPSA) is 18.5 Å². The first kappa shape index (κ1) is 59.4. The van der Waals surface area contributed by atoms with Crippen LogP contribution in [0.2, 0.25) is 0 Å². The fourth-order valence-corrected chi connectivity index (χ4v) is 7.49. The summed E-state index contributed by atoms with van der Waals surface area (Å²) >= 11 is 7.66. The van der Waals surface area contributed by atoms with Crippen LogP contribution in [0, 0.1) is 12.8 Å². The molecule has 2 nitrogen and oxygen atoms in total. The third-order valence-electron chi connectivity index (χ3n) is 6.52. The first-order valence-corrected chi connectivity index (χ1v) is 26.6. The summed E-state index contributed by atoms with van der Waals surface area (Å²) in [5.74, 6) is 1.77. The molecule has 2 fully saturated rings. The Morgan fingerprint density at radius 3 is 1.20 bits per heavy atom. The molecule has 6 rings (SSSR count). The molecule has 54 heavy (non-hydrogen) atoms. The number of para-hydroxylation sites is 2. The molecule has 4 aromatic carbocycles. The van der Waals surface area contributed by atoms with Crippen molar-refractivity contribution in [2.75, 3.05) is 0 Å². The normalized spacial score (nSPS) is 12.4. The average Bonchev–Trinajstić information content (AvgIpc) is 3.89. The van der Waals surface area contributed by atoms with Crippen molar-refractivity contribution >= 4 is 63.5 Å². The molecule has 0 aromatic heterocycles. The van der Waals surface area contributed by atoms with E-state index >= 15 is 0 Å². The van der Waals surface area contributed by atoms with Crippen molar-refractivity contribution in [1.82, 2.24) is 0 Å². The van der Waals surface area contributed by atoms with Crippen LogP contribution in [0.5, 0.6) is 11.5 Å². The molecule has 0 unspecified atom stereocenters. The maximum Gasteiger partial charge on any atom is 1.00 e. The van der Waals surface area contributed by atoms with Crippen molar-refractivity contribution in [3.8, 4) is 11.5 Å². The first-order valence-electron chi connectivity index (χ1n) is 17.1. The van der Waals surface area contributed by atoms with Crippen molar-refractivity contribution in [3.05, 3.63) is 133 Å². The zero-order valence-electron chi connectivity index (χ0n) is 32.4. The molecular weight excluding hydrogens is 991 g/mol. The molecule has 2 aliphatic carbocycles. The Morgan fingerprint density at radius 2 is 0.926 bits per heavy atom. The van der Waals surface area contributed by atoms with Crippen LogP contribution < -0.4 is 81.0 Å². The largest absolute Gasteiger partial charge is 1.00 e. The van der Waals surface area contributed by atoms with Gasteiger partial charge in [-0.25, -0.2) is 0 Å². The first-order chi connectivity index (χ1) is 24.6. The second kappa shape index (κ2) is 40.8. The van der Waals surface area contributed by atoms with E-state index in [2.05, 4.69) is 12.8 Å². The molecule has 12 heteroatoms. The summed E-state index contributed by atoms with van der Waals surface area (Å²) in [6, 6.07) is 35.0. The predicted octanol–water partition coefficient (Wildman–Crippen LogP) is 4.14. The fraction of sp³-hybridized carbons (Fsp3) is 0.333. The monoisotopic (exact) mass is 1040 g/mol. The third kappa shape index (κ3) is 35.0. The molecule has 0 spiro atoms. The Morgan fingerprint density at radius 1 is 0.593 bits per heavy atom.